The molecular weight excluding hydrogens is 146 g/mol. The first-order chi connectivity index (χ1) is 5.76. The summed E-state index contributed by atoms with van der Waals surface area (Å²) in [6, 6.07) is 0. The third-order valence-corrected chi connectivity index (χ3v) is 1.67. The summed E-state index contributed by atoms with van der Waals surface area (Å²) < 4.78 is 0. The molecule has 0 saturated heterocycles. The van der Waals surface area contributed by atoms with Crippen molar-refractivity contribution in [2.24, 2.45) is 0 Å². The lowest BCUT2D eigenvalue weighted by Crippen LogP contribution is -2.16. The molecule has 0 atom stereocenters. The van der Waals surface area contributed by atoms with Gasteiger partial charge in [0.15, 0.2) is 0 Å². The smallest absolute Gasteiger partial charge is 0.0357 e. The van der Waals surface area contributed by atoms with Gasteiger partial charge in [0.2, 0.25) is 0 Å². The number of rotatable bonds is 5. The molecule has 0 amide bonds. The lowest BCUT2D eigenvalue weighted by Gasteiger charge is -2.18. The Morgan fingerprint density at radius 1 is 1.50 bits per heavy atom. The molecule has 0 aliphatic heterocycles. The Balaban J connectivity index is 4.22. The maximum Gasteiger partial charge on any atom is 0.0357 e. The molecule has 0 aliphatic carbocycles. The van der Waals surface area contributed by atoms with Crippen LogP contribution in [-0.4, -0.2) is 18.5 Å². The van der Waals surface area contributed by atoms with E-state index in [1.54, 1.807) is 0 Å². The van der Waals surface area contributed by atoms with Crippen molar-refractivity contribution >= 4 is 0 Å². The SMILES string of the molecule is C=C/C(=C\C=C/C)N(C)CCC. The Morgan fingerprint density at radius 2 is 2.17 bits per heavy atom. The van der Waals surface area contributed by atoms with E-state index < -0.39 is 0 Å². The first kappa shape index (κ1) is 11.0. The van der Waals surface area contributed by atoms with Crippen LogP contribution in [0, 0.1) is 0 Å². The van der Waals surface area contributed by atoms with Gasteiger partial charge in [-0.15, -0.1) is 0 Å². The third-order valence-electron chi connectivity index (χ3n) is 1.67. The van der Waals surface area contributed by atoms with E-state index in [-0.39, 0.29) is 0 Å². The van der Waals surface area contributed by atoms with Crippen LogP contribution in [-0.2, 0) is 0 Å². The van der Waals surface area contributed by atoms with Crippen LogP contribution in [0.25, 0.3) is 0 Å². The van der Waals surface area contributed by atoms with Gasteiger partial charge < -0.3 is 4.90 Å². The number of hydrogen-bond acceptors (Lipinski definition) is 1. The minimum absolute atomic E-state index is 1.08. The quantitative estimate of drug-likeness (QED) is 0.566. The number of allylic oxidation sites excluding steroid dienone is 4. The molecule has 0 fully saturated rings. The average Bonchev–Trinajstić information content (AvgIpc) is 2.06. The standard InChI is InChI=1S/C11H19N/c1-5-8-9-11(7-3)12(4)10-6-2/h5,7-9H,3,6,10H2,1-2,4H3/b8-5-,11-9+. The van der Waals surface area contributed by atoms with E-state index in [1.165, 1.54) is 5.70 Å². The summed E-state index contributed by atoms with van der Waals surface area (Å²) in [6.45, 7) is 9.04. The van der Waals surface area contributed by atoms with Crippen molar-refractivity contribution in [2.45, 2.75) is 20.3 Å². The molecule has 0 N–H and O–H groups in total. The zero-order valence-corrected chi connectivity index (χ0v) is 8.38. The van der Waals surface area contributed by atoms with Crippen molar-refractivity contribution in [2.75, 3.05) is 13.6 Å². The topological polar surface area (TPSA) is 3.24 Å². The van der Waals surface area contributed by atoms with Gasteiger partial charge in [-0.1, -0.05) is 25.7 Å². The van der Waals surface area contributed by atoms with Crippen LogP contribution in [0.4, 0.5) is 0 Å². The van der Waals surface area contributed by atoms with Gasteiger partial charge in [-0.3, -0.25) is 0 Å². The summed E-state index contributed by atoms with van der Waals surface area (Å²) in [5.41, 5.74) is 1.18. The highest BCUT2D eigenvalue weighted by molar-refractivity contribution is 5.20. The zero-order valence-electron chi connectivity index (χ0n) is 8.38. The summed E-state index contributed by atoms with van der Waals surface area (Å²) in [5, 5.41) is 0. The summed E-state index contributed by atoms with van der Waals surface area (Å²) in [5.74, 6) is 0. The monoisotopic (exact) mass is 165 g/mol. The van der Waals surface area contributed by atoms with E-state index in [0.29, 0.717) is 0 Å². The molecule has 0 aromatic carbocycles. The first-order valence-electron chi connectivity index (χ1n) is 4.42. The Labute approximate surface area is 76.1 Å². The molecule has 0 heterocycles. The summed E-state index contributed by atoms with van der Waals surface area (Å²) in [4.78, 5) is 2.20. The van der Waals surface area contributed by atoms with Crippen LogP contribution in [0.5, 0.6) is 0 Å². The van der Waals surface area contributed by atoms with Gasteiger partial charge in [-0.2, -0.15) is 0 Å². The Kier molecular flexibility index (Phi) is 6.16. The van der Waals surface area contributed by atoms with Gasteiger partial charge in [0.25, 0.3) is 0 Å². The maximum absolute atomic E-state index is 3.77. The van der Waals surface area contributed by atoms with Crippen LogP contribution in [0.2, 0.25) is 0 Å². The van der Waals surface area contributed by atoms with E-state index in [0.717, 1.165) is 13.0 Å². The summed E-state index contributed by atoms with van der Waals surface area (Å²) in [7, 11) is 2.08. The Bertz CT molecular complexity index is 177. The molecule has 0 unspecified atom stereocenters. The molecule has 0 rings (SSSR count). The van der Waals surface area contributed by atoms with Crippen LogP contribution in [0.1, 0.15) is 20.3 Å². The van der Waals surface area contributed by atoms with E-state index in [1.807, 2.05) is 25.2 Å². The highest BCUT2D eigenvalue weighted by Gasteiger charge is 1.95. The fourth-order valence-corrected chi connectivity index (χ4v) is 1.01. The van der Waals surface area contributed by atoms with Gasteiger partial charge in [0.1, 0.15) is 0 Å². The first-order valence-corrected chi connectivity index (χ1v) is 4.42. The lowest BCUT2D eigenvalue weighted by molar-refractivity contribution is 0.430. The van der Waals surface area contributed by atoms with Gasteiger partial charge in [-0.05, 0) is 25.5 Å². The zero-order chi connectivity index (χ0) is 9.40. The number of hydrogen-bond donors (Lipinski definition) is 0. The van der Waals surface area contributed by atoms with Crippen molar-refractivity contribution < 1.29 is 0 Å². The molecule has 0 aromatic heterocycles. The van der Waals surface area contributed by atoms with Crippen molar-refractivity contribution in [1.82, 2.24) is 4.90 Å². The normalized spacial score (nSPS) is 12.1. The second kappa shape index (κ2) is 6.71. The van der Waals surface area contributed by atoms with Crippen molar-refractivity contribution in [1.29, 1.82) is 0 Å². The van der Waals surface area contributed by atoms with Gasteiger partial charge >= 0.3 is 0 Å². The molecule has 0 spiro atoms. The fraction of sp³-hybridized carbons (Fsp3) is 0.455. The highest BCUT2D eigenvalue weighted by atomic mass is 15.1. The number of likely N-dealkylation sites (N-methyl/N-ethyl adjacent to an activating group) is 1. The number of nitrogens with zero attached hydrogens (tertiary/aromatic N) is 1. The van der Waals surface area contributed by atoms with Crippen molar-refractivity contribution in [3.8, 4) is 0 Å². The van der Waals surface area contributed by atoms with Crippen molar-refractivity contribution in [3.63, 3.8) is 0 Å². The van der Waals surface area contributed by atoms with Gasteiger partial charge in [-0.25, -0.2) is 0 Å². The predicted molar refractivity (Wildman–Crippen MR) is 56.0 cm³/mol. The van der Waals surface area contributed by atoms with Crippen LogP contribution in [0.3, 0.4) is 0 Å². The highest BCUT2D eigenvalue weighted by Crippen LogP contribution is 2.03. The molecule has 1 nitrogen and oxygen atoms in total. The van der Waals surface area contributed by atoms with E-state index in [2.05, 4.69) is 31.5 Å². The molecule has 12 heavy (non-hydrogen) atoms. The van der Waals surface area contributed by atoms with E-state index in [9.17, 15) is 0 Å². The minimum atomic E-state index is 1.08. The van der Waals surface area contributed by atoms with Gasteiger partial charge in [0, 0.05) is 19.3 Å². The average molecular weight is 165 g/mol. The molecule has 0 saturated carbocycles. The Hall–Kier alpha value is -0.980. The second-order valence-electron chi connectivity index (χ2n) is 2.74. The fourth-order valence-electron chi connectivity index (χ4n) is 1.01. The predicted octanol–water partition coefficient (Wildman–Crippen LogP) is 2.97. The maximum atomic E-state index is 3.77. The molecular formula is C11H19N. The van der Waals surface area contributed by atoms with E-state index in [4.69, 9.17) is 0 Å². The summed E-state index contributed by atoms with van der Waals surface area (Å²) >= 11 is 0. The van der Waals surface area contributed by atoms with E-state index >= 15 is 0 Å². The third kappa shape index (κ3) is 4.02. The molecule has 0 bridgehead atoms. The van der Waals surface area contributed by atoms with Crippen molar-refractivity contribution in [3.05, 3.63) is 36.6 Å². The van der Waals surface area contributed by atoms with Gasteiger partial charge in [0.05, 0.1) is 0 Å². The van der Waals surface area contributed by atoms with Crippen LogP contribution in [0.15, 0.2) is 36.6 Å². The molecule has 68 valence electrons. The second-order valence-corrected chi connectivity index (χ2v) is 2.74. The minimum Gasteiger partial charge on any atom is -0.375 e. The lowest BCUT2D eigenvalue weighted by atomic mass is 10.3. The molecule has 0 aliphatic rings. The molecule has 0 radical (unpaired) electrons. The largest absolute Gasteiger partial charge is 0.375 e. The molecule has 0 aromatic rings. The van der Waals surface area contributed by atoms with Crippen LogP contribution < -0.4 is 0 Å². The Morgan fingerprint density at radius 3 is 2.58 bits per heavy atom. The summed E-state index contributed by atoms with van der Waals surface area (Å²) in [6.07, 6.45) is 9.17. The van der Waals surface area contributed by atoms with Crippen LogP contribution >= 0.6 is 0 Å². The molecule has 1 heteroatoms.